The van der Waals surface area contributed by atoms with Crippen molar-refractivity contribution in [3.05, 3.63) is 0 Å². The molecule has 106 valence electrons. The predicted molar refractivity (Wildman–Crippen MR) is 70.6 cm³/mol. The molecule has 1 N–H and O–H groups in total. The van der Waals surface area contributed by atoms with Crippen LogP contribution < -0.4 is 5.32 Å². The van der Waals surface area contributed by atoms with Gasteiger partial charge in [0.1, 0.15) is 6.04 Å². The van der Waals surface area contributed by atoms with Crippen molar-refractivity contribution in [1.29, 1.82) is 0 Å². The summed E-state index contributed by atoms with van der Waals surface area (Å²) in [6, 6.07) is -0.257. The lowest BCUT2D eigenvalue weighted by molar-refractivity contribution is -0.147. The molecule has 0 bridgehead atoms. The van der Waals surface area contributed by atoms with Crippen molar-refractivity contribution in [2.24, 2.45) is 0 Å². The van der Waals surface area contributed by atoms with Gasteiger partial charge in [0.05, 0.1) is 19.8 Å². The zero-order chi connectivity index (χ0) is 13.6. The number of hydrogen-bond donors (Lipinski definition) is 1. The molecule has 18 heavy (non-hydrogen) atoms. The molecule has 5 nitrogen and oxygen atoms in total. The zero-order valence-corrected chi connectivity index (χ0v) is 12.0. The van der Waals surface area contributed by atoms with E-state index in [9.17, 15) is 4.79 Å². The fourth-order valence-electron chi connectivity index (χ4n) is 2.16. The van der Waals surface area contributed by atoms with E-state index in [1.807, 2.05) is 13.8 Å². The Bertz CT molecular complexity index is 269. The standard InChI is InChI=1S/C13H26N2O3/c1-5-14-11(12(16)18-6-2)9-15-7-8-17-10-13(15,3)4/h11,14H,5-10H2,1-4H3. The number of likely N-dealkylation sites (N-methyl/N-ethyl adjacent to an activating group) is 1. The first-order valence-electron chi connectivity index (χ1n) is 6.74. The Hall–Kier alpha value is -0.650. The van der Waals surface area contributed by atoms with Crippen LogP contribution in [0.2, 0.25) is 0 Å². The maximum atomic E-state index is 11.9. The number of esters is 1. The highest BCUT2D eigenvalue weighted by Gasteiger charge is 2.33. The number of nitrogens with one attached hydrogen (secondary N) is 1. The lowest BCUT2D eigenvalue weighted by Crippen LogP contribution is -2.58. The minimum atomic E-state index is -0.257. The van der Waals surface area contributed by atoms with E-state index in [4.69, 9.17) is 9.47 Å². The minimum absolute atomic E-state index is 0.0293. The van der Waals surface area contributed by atoms with E-state index in [0.717, 1.165) is 19.7 Å². The van der Waals surface area contributed by atoms with Gasteiger partial charge in [0.25, 0.3) is 0 Å². The largest absolute Gasteiger partial charge is 0.465 e. The summed E-state index contributed by atoms with van der Waals surface area (Å²) in [4.78, 5) is 14.2. The maximum absolute atomic E-state index is 11.9. The van der Waals surface area contributed by atoms with E-state index in [1.165, 1.54) is 0 Å². The molecule has 0 aromatic heterocycles. The molecule has 0 radical (unpaired) electrons. The number of carbonyl (C=O) groups is 1. The second kappa shape index (κ2) is 7.07. The summed E-state index contributed by atoms with van der Waals surface area (Å²) in [6.07, 6.45) is 0. The molecule has 1 fully saturated rings. The van der Waals surface area contributed by atoms with Crippen molar-refractivity contribution < 1.29 is 14.3 Å². The molecule has 0 spiro atoms. The van der Waals surface area contributed by atoms with Crippen LogP contribution in [0.25, 0.3) is 0 Å². The number of rotatable bonds is 6. The van der Waals surface area contributed by atoms with Crippen molar-refractivity contribution in [3.63, 3.8) is 0 Å². The van der Waals surface area contributed by atoms with Crippen LogP contribution in [-0.4, -0.2) is 61.9 Å². The Morgan fingerprint density at radius 2 is 2.22 bits per heavy atom. The van der Waals surface area contributed by atoms with Crippen molar-refractivity contribution in [2.75, 3.05) is 39.5 Å². The molecule has 0 amide bonds. The van der Waals surface area contributed by atoms with Crippen molar-refractivity contribution in [1.82, 2.24) is 10.2 Å². The van der Waals surface area contributed by atoms with Crippen LogP contribution in [-0.2, 0) is 14.3 Å². The van der Waals surface area contributed by atoms with Gasteiger partial charge in [0.2, 0.25) is 0 Å². The number of carbonyl (C=O) groups excluding carboxylic acids is 1. The molecule has 1 aliphatic heterocycles. The predicted octanol–water partition coefficient (Wildman–Crippen LogP) is 0.638. The van der Waals surface area contributed by atoms with Gasteiger partial charge in [-0.2, -0.15) is 0 Å². The van der Waals surface area contributed by atoms with E-state index in [0.29, 0.717) is 19.8 Å². The third-order valence-corrected chi connectivity index (χ3v) is 3.24. The van der Waals surface area contributed by atoms with Crippen LogP contribution in [0.15, 0.2) is 0 Å². The van der Waals surface area contributed by atoms with Crippen LogP contribution in [0.5, 0.6) is 0 Å². The summed E-state index contributed by atoms with van der Waals surface area (Å²) in [6.45, 7) is 12.2. The lowest BCUT2D eigenvalue weighted by Gasteiger charge is -2.43. The van der Waals surface area contributed by atoms with Gasteiger partial charge in [-0.15, -0.1) is 0 Å². The molecule has 5 heteroatoms. The first-order chi connectivity index (χ1) is 8.51. The molecule has 0 saturated carbocycles. The van der Waals surface area contributed by atoms with Gasteiger partial charge in [-0.05, 0) is 27.3 Å². The summed E-state index contributed by atoms with van der Waals surface area (Å²) in [5.74, 6) is -0.165. The van der Waals surface area contributed by atoms with Crippen LogP contribution in [0.3, 0.4) is 0 Å². The summed E-state index contributed by atoms with van der Waals surface area (Å²) >= 11 is 0. The Balaban J connectivity index is 2.61. The van der Waals surface area contributed by atoms with Crippen molar-refractivity contribution in [2.45, 2.75) is 39.3 Å². The van der Waals surface area contributed by atoms with Gasteiger partial charge in [-0.3, -0.25) is 9.69 Å². The Morgan fingerprint density at radius 3 is 2.78 bits per heavy atom. The average molecular weight is 258 g/mol. The molecule has 1 aliphatic rings. The van der Waals surface area contributed by atoms with Crippen LogP contribution in [0.4, 0.5) is 0 Å². The Labute approximate surface area is 110 Å². The highest BCUT2D eigenvalue weighted by atomic mass is 16.5. The van der Waals surface area contributed by atoms with E-state index >= 15 is 0 Å². The number of ether oxygens (including phenoxy) is 2. The molecule has 1 atom stereocenters. The van der Waals surface area contributed by atoms with Gasteiger partial charge in [-0.1, -0.05) is 6.92 Å². The molecule has 1 rings (SSSR count). The second-order valence-electron chi connectivity index (χ2n) is 5.17. The quantitative estimate of drug-likeness (QED) is 0.709. The third-order valence-electron chi connectivity index (χ3n) is 3.24. The normalized spacial score (nSPS) is 21.6. The molecule has 1 saturated heterocycles. The van der Waals surface area contributed by atoms with Gasteiger partial charge in [0, 0.05) is 18.6 Å². The molecular weight excluding hydrogens is 232 g/mol. The SMILES string of the molecule is CCNC(CN1CCOCC1(C)C)C(=O)OCC. The monoisotopic (exact) mass is 258 g/mol. The summed E-state index contributed by atoms with van der Waals surface area (Å²) < 4.78 is 10.6. The molecule has 1 unspecified atom stereocenters. The second-order valence-corrected chi connectivity index (χ2v) is 5.17. The van der Waals surface area contributed by atoms with Crippen molar-refractivity contribution in [3.8, 4) is 0 Å². The average Bonchev–Trinajstić information content (AvgIpc) is 2.31. The van der Waals surface area contributed by atoms with Crippen molar-refractivity contribution >= 4 is 5.97 Å². The maximum Gasteiger partial charge on any atom is 0.324 e. The summed E-state index contributed by atoms with van der Waals surface area (Å²) in [5.41, 5.74) is -0.0293. The Morgan fingerprint density at radius 1 is 1.50 bits per heavy atom. The molecular formula is C13H26N2O3. The number of nitrogens with zero attached hydrogens (tertiary/aromatic N) is 1. The number of morpholine rings is 1. The van der Waals surface area contributed by atoms with Crippen LogP contribution in [0, 0.1) is 0 Å². The van der Waals surface area contributed by atoms with E-state index in [-0.39, 0.29) is 17.6 Å². The molecule has 1 heterocycles. The Kier molecular flexibility index (Phi) is 6.05. The van der Waals surface area contributed by atoms with E-state index in [2.05, 4.69) is 24.1 Å². The molecule has 0 aromatic rings. The summed E-state index contributed by atoms with van der Waals surface area (Å²) in [5, 5.41) is 3.20. The van der Waals surface area contributed by atoms with Gasteiger partial charge in [-0.25, -0.2) is 0 Å². The minimum Gasteiger partial charge on any atom is -0.465 e. The third kappa shape index (κ3) is 4.23. The fraction of sp³-hybridized carbons (Fsp3) is 0.923. The van der Waals surface area contributed by atoms with E-state index in [1.54, 1.807) is 0 Å². The fourth-order valence-corrected chi connectivity index (χ4v) is 2.16. The van der Waals surface area contributed by atoms with Gasteiger partial charge < -0.3 is 14.8 Å². The highest BCUT2D eigenvalue weighted by Crippen LogP contribution is 2.19. The summed E-state index contributed by atoms with van der Waals surface area (Å²) in [7, 11) is 0. The first kappa shape index (κ1) is 15.4. The number of hydrogen-bond acceptors (Lipinski definition) is 5. The molecule has 0 aliphatic carbocycles. The highest BCUT2D eigenvalue weighted by molar-refractivity contribution is 5.76. The topological polar surface area (TPSA) is 50.8 Å². The first-order valence-corrected chi connectivity index (χ1v) is 6.74. The van der Waals surface area contributed by atoms with Crippen LogP contribution >= 0.6 is 0 Å². The van der Waals surface area contributed by atoms with Gasteiger partial charge >= 0.3 is 5.97 Å². The lowest BCUT2D eigenvalue weighted by atomic mass is 10.0. The van der Waals surface area contributed by atoms with E-state index < -0.39 is 0 Å². The zero-order valence-electron chi connectivity index (χ0n) is 12.0. The smallest absolute Gasteiger partial charge is 0.324 e. The van der Waals surface area contributed by atoms with Gasteiger partial charge in [0.15, 0.2) is 0 Å². The molecule has 0 aromatic carbocycles. The van der Waals surface area contributed by atoms with Crippen LogP contribution in [0.1, 0.15) is 27.7 Å².